The number of rotatable bonds is 11. The summed E-state index contributed by atoms with van der Waals surface area (Å²) in [4.78, 5) is 27.3. The first-order valence-electron chi connectivity index (χ1n) is 19.4. The van der Waals surface area contributed by atoms with E-state index in [1.54, 1.807) is 92.0 Å². The Hall–Kier alpha value is -5.74. The van der Waals surface area contributed by atoms with Crippen LogP contribution in [-0.2, 0) is 44.1 Å². The first-order valence-corrected chi connectivity index (χ1v) is 23.5. The summed E-state index contributed by atoms with van der Waals surface area (Å²) in [5.41, 5.74) is 4.81. The molecule has 0 fully saturated rings. The molecule has 0 radical (unpaired) electrons. The maximum absolute atomic E-state index is 14.6. The lowest BCUT2D eigenvalue weighted by molar-refractivity contribution is -0.115. The molecule has 2 N–H and O–H groups in total. The fourth-order valence-corrected chi connectivity index (χ4v) is 12.4. The number of fused-ring (bicyclic) bond motifs is 2. The lowest BCUT2D eigenvalue weighted by atomic mass is 9.95. The molecule has 8 rings (SSSR count). The van der Waals surface area contributed by atoms with E-state index in [-0.39, 0.29) is 50.8 Å². The molecule has 0 atom stereocenters. The van der Waals surface area contributed by atoms with Gasteiger partial charge in [-0.2, -0.15) is 0 Å². The zero-order valence-corrected chi connectivity index (χ0v) is 36.3. The predicted molar refractivity (Wildman–Crippen MR) is 238 cm³/mol. The van der Waals surface area contributed by atoms with Gasteiger partial charge < -0.3 is 15.4 Å². The van der Waals surface area contributed by atoms with Crippen LogP contribution in [0.25, 0.3) is 10.4 Å². The molecule has 0 aliphatic carbocycles. The van der Waals surface area contributed by atoms with Crippen LogP contribution in [0.4, 0.5) is 27.1 Å². The molecule has 1 aromatic heterocycles. The summed E-state index contributed by atoms with van der Waals surface area (Å²) in [6.45, 7) is 2.26. The van der Waals surface area contributed by atoms with Crippen LogP contribution in [0.15, 0.2) is 118 Å². The van der Waals surface area contributed by atoms with E-state index in [1.807, 2.05) is 6.92 Å². The van der Waals surface area contributed by atoms with Crippen LogP contribution in [0.5, 0.6) is 5.75 Å². The Balaban J connectivity index is 1.14. The van der Waals surface area contributed by atoms with E-state index in [2.05, 4.69) is 10.6 Å². The number of anilines is 4. The van der Waals surface area contributed by atoms with Crippen molar-refractivity contribution in [2.75, 3.05) is 39.4 Å². The van der Waals surface area contributed by atoms with E-state index in [4.69, 9.17) is 16.3 Å². The van der Waals surface area contributed by atoms with Crippen LogP contribution in [-0.4, -0.2) is 48.8 Å². The van der Waals surface area contributed by atoms with E-state index in [0.29, 0.717) is 64.5 Å². The van der Waals surface area contributed by atoms with Crippen LogP contribution < -0.4 is 24.0 Å². The lowest BCUT2D eigenvalue weighted by Crippen LogP contribution is -2.35. The number of hydrogen-bond donors (Lipinski definition) is 2. The topological polar surface area (TPSA) is 142 Å². The first-order chi connectivity index (χ1) is 29.2. The van der Waals surface area contributed by atoms with Crippen molar-refractivity contribution in [1.82, 2.24) is 0 Å². The average molecular weight is 899 g/mol. The third-order valence-corrected chi connectivity index (χ3v) is 16.2. The smallest absolute Gasteiger partial charge is 0.273 e. The minimum Gasteiger partial charge on any atom is -0.497 e. The van der Waals surface area contributed by atoms with Gasteiger partial charge in [0.2, 0.25) is 5.91 Å². The van der Waals surface area contributed by atoms with Crippen LogP contribution in [0, 0.1) is 12.7 Å². The zero-order valence-electron chi connectivity index (χ0n) is 33.1. The van der Waals surface area contributed by atoms with Crippen LogP contribution >= 0.6 is 22.9 Å². The standard InChI is InChI=1S/C45H40ClFN4O7S3/c1-28-10-18-34(19-11-28)60(54,55)51-23-5-7-35-36(25-32(27-40(35)51)48-42(52)24-29-12-16-33(58-2)17-13-29)41-20-21-43(59-41)61(56,57)50-22-4-6-30-14-15-31(26-39(30)50)49-45(53)44-37(46)8-3-9-38(44)47/h3,8-21,25-27H,4-7,22-24H2,1-2H3,(H,48,52)(H,49,53). The quantitative estimate of drug-likeness (QED) is 0.132. The third-order valence-electron chi connectivity index (χ3n) is 10.7. The molecule has 5 aromatic carbocycles. The van der Waals surface area contributed by atoms with Gasteiger partial charge in [0.25, 0.3) is 26.0 Å². The summed E-state index contributed by atoms with van der Waals surface area (Å²) in [5.74, 6) is -1.24. The minimum atomic E-state index is -4.16. The van der Waals surface area contributed by atoms with Crippen molar-refractivity contribution in [1.29, 1.82) is 0 Å². The summed E-state index contributed by atoms with van der Waals surface area (Å²) in [6, 6.07) is 29.3. The first kappa shape index (κ1) is 42.0. The van der Waals surface area contributed by atoms with Crippen molar-refractivity contribution < 1.29 is 35.6 Å². The molecule has 2 amide bonds. The highest BCUT2D eigenvalue weighted by molar-refractivity contribution is 7.95. The highest BCUT2D eigenvalue weighted by Crippen LogP contribution is 2.44. The van der Waals surface area contributed by atoms with Gasteiger partial charge in [0.05, 0.1) is 40.4 Å². The molecule has 0 bridgehead atoms. The molecule has 0 saturated carbocycles. The van der Waals surface area contributed by atoms with Gasteiger partial charge in [0.1, 0.15) is 15.8 Å². The zero-order chi connectivity index (χ0) is 43.1. The van der Waals surface area contributed by atoms with Crippen molar-refractivity contribution >= 4 is 77.5 Å². The van der Waals surface area contributed by atoms with Gasteiger partial charge in [-0.1, -0.05) is 53.6 Å². The summed E-state index contributed by atoms with van der Waals surface area (Å²) < 4.78 is 80.1. The normalized spacial score (nSPS) is 13.9. The number of halogens is 2. The molecular formula is C45H40ClFN4O7S3. The SMILES string of the molecule is COc1ccc(CC(=O)Nc2cc(-c3ccc(S(=O)(=O)N4CCCc5ccc(NC(=O)c6c(F)cccc6Cl)cc54)s3)c3c(c2)N(S(=O)(=O)c2ccc(C)cc2)CCC3)cc1. The molecule has 3 heterocycles. The van der Waals surface area contributed by atoms with E-state index in [1.165, 1.54) is 26.8 Å². The van der Waals surface area contributed by atoms with Gasteiger partial charge in [0, 0.05) is 29.3 Å². The Morgan fingerprint density at radius 2 is 1.49 bits per heavy atom. The number of amides is 2. The number of sulfonamides is 2. The molecule has 314 valence electrons. The van der Waals surface area contributed by atoms with E-state index < -0.39 is 31.8 Å². The molecular weight excluding hydrogens is 859 g/mol. The molecule has 6 aromatic rings. The number of carbonyl (C=O) groups is 2. The number of benzene rings is 5. The fourth-order valence-electron chi connectivity index (χ4n) is 7.66. The minimum absolute atomic E-state index is 0.0444. The molecule has 2 aliphatic heterocycles. The fraction of sp³-hybridized carbons (Fsp3) is 0.200. The van der Waals surface area contributed by atoms with Gasteiger partial charge in [-0.15, -0.1) is 11.3 Å². The predicted octanol–water partition coefficient (Wildman–Crippen LogP) is 9.24. The van der Waals surface area contributed by atoms with E-state index in [0.717, 1.165) is 34.1 Å². The number of hydrogen-bond acceptors (Lipinski definition) is 8. The van der Waals surface area contributed by atoms with Crippen LogP contribution in [0.2, 0.25) is 5.02 Å². The van der Waals surface area contributed by atoms with Gasteiger partial charge in [-0.3, -0.25) is 18.2 Å². The number of aryl methyl sites for hydroxylation is 2. The second kappa shape index (κ2) is 17.0. The second-order valence-electron chi connectivity index (χ2n) is 14.8. The van der Waals surface area contributed by atoms with Crippen LogP contribution in [0.3, 0.4) is 0 Å². The van der Waals surface area contributed by atoms with Crippen molar-refractivity contribution in [3.63, 3.8) is 0 Å². The van der Waals surface area contributed by atoms with Gasteiger partial charge in [0.15, 0.2) is 0 Å². The Bertz CT molecular complexity index is 2880. The molecule has 11 nitrogen and oxygen atoms in total. The summed E-state index contributed by atoms with van der Waals surface area (Å²) >= 11 is 7.17. The summed E-state index contributed by atoms with van der Waals surface area (Å²) in [7, 11) is -6.63. The number of nitrogens with zero attached hydrogens (tertiary/aromatic N) is 2. The summed E-state index contributed by atoms with van der Waals surface area (Å²) in [6.07, 6.45) is 2.23. The number of ether oxygens (including phenoxy) is 1. The summed E-state index contributed by atoms with van der Waals surface area (Å²) in [5, 5.41) is 5.56. The second-order valence-corrected chi connectivity index (χ2v) is 20.2. The van der Waals surface area contributed by atoms with Gasteiger partial charge >= 0.3 is 0 Å². The maximum atomic E-state index is 14.6. The highest BCUT2D eigenvalue weighted by Gasteiger charge is 2.34. The molecule has 0 unspecified atom stereocenters. The Labute approximate surface area is 362 Å². The molecule has 61 heavy (non-hydrogen) atoms. The van der Waals surface area contributed by atoms with Crippen LogP contribution in [0.1, 0.15) is 45.5 Å². The number of thiophene rings is 1. The van der Waals surface area contributed by atoms with Gasteiger partial charge in [-0.05, 0) is 128 Å². The van der Waals surface area contributed by atoms with E-state index >= 15 is 0 Å². The number of nitrogens with one attached hydrogen (secondary N) is 2. The van der Waals surface area contributed by atoms with Crippen molar-refractivity contribution in [3.8, 4) is 16.2 Å². The van der Waals surface area contributed by atoms with Crippen molar-refractivity contribution in [2.24, 2.45) is 0 Å². The Morgan fingerprint density at radius 3 is 2.21 bits per heavy atom. The molecule has 2 aliphatic rings. The molecule has 0 spiro atoms. The highest BCUT2D eigenvalue weighted by atomic mass is 35.5. The molecule has 0 saturated heterocycles. The van der Waals surface area contributed by atoms with E-state index in [9.17, 15) is 30.8 Å². The van der Waals surface area contributed by atoms with Crippen molar-refractivity contribution in [2.45, 2.75) is 48.1 Å². The third kappa shape index (κ3) is 8.47. The van der Waals surface area contributed by atoms with Gasteiger partial charge in [-0.25, -0.2) is 21.2 Å². The number of carbonyl (C=O) groups excluding carboxylic acids is 2. The maximum Gasteiger partial charge on any atom is 0.273 e. The Morgan fingerprint density at radius 1 is 0.787 bits per heavy atom. The molecule has 16 heteroatoms. The largest absolute Gasteiger partial charge is 0.497 e. The Kier molecular flexibility index (Phi) is 11.7. The monoisotopic (exact) mass is 898 g/mol. The number of methoxy groups -OCH3 is 1. The average Bonchev–Trinajstić information content (AvgIpc) is 3.75. The lowest BCUT2D eigenvalue weighted by Gasteiger charge is -2.32. The van der Waals surface area contributed by atoms with Crippen molar-refractivity contribution in [3.05, 3.63) is 148 Å².